The average molecular weight is 467 g/mol. The first-order chi connectivity index (χ1) is 15.7. The molecule has 2 atom stereocenters. The maximum absolute atomic E-state index is 12.2. The summed E-state index contributed by atoms with van der Waals surface area (Å²) >= 11 is 0. The van der Waals surface area contributed by atoms with Crippen LogP contribution < -0.4 is 11.5 Å². The monoisotopic (exact) mass is 466 g/mol. The Kier molecular flexibility index (Phi) is 7.00. The second kappa shape index (κ2) is 9.44. The van der Waals surface area contributed by atoms with Crippen LogP contribution in [-0.2, 0) is 22.3 Å². The second-order valence-corrected chi connectivity index (χ2v) is 10.6. The summed E-state index contributed by atoms with van der Waals surface area (Å²) in [5.41, 5.74) is 14.8. The van der Waals surface area contributed by atoms with E-state index in [0.717, 1.165) is 23.1 Å². The van der Waals surface area contributed by atoms with Gasteiger partial charge in [0.2, 0.25) is 0 Å². The Labute approximate surface area is 200 Å². The topological polar surface area (TPSA) is 129 Å². The molecule has 0 aliphatic heterocycles. The van der Waals surface area contributed by atoms with Gasteiger partial charge in [0.1, 0.15) is 22.9 Å². The molecule has 1 aromatic rings. The van der Waals surface area contributed by atoms with Crippen molar-refractivity contribution in [2.45, 2.75) is 65.6 Å². The molecule has 2 aliphatic rings. The molecule has 8 nitrogen and oxygen atoms in total. The Morgan fingerprint density at radius 1 is 0.912 bits per heavy atom. The number of allylic oxidation sites excluding steroid dienone is 3. The van der Waals surface area contributed by atoms with Crippen LogP contribution >= 0.6 is 0 Å². The number of nitrogens with two attached hydrogens (primary N) is 2. The number of ether oxygens (including phenoxy) is 2. The van der Waals surface area contributed by atoms with Crippen LogP contribution in [0.25, 0.3) is 0 Å². The lowest BCUT2D eigenvalue weighted by Gasteiger charge is -2.35. The molecule has 0 fully saturated rings. The predicted octanol–water partition coefficient (Wildman–Crippen LogP) is 4.45. The second-order valence-electron chi connectivity index (χ2n) is 10.6. The molecule has 34 heavy (non-hydrogen) atoms. The number of carbonyl (C=O) groups is 2. The largest absolute Gasteiger partial charge is 0.442 e. The number of carbonyl (C=O) groups excluding carboxylic acids is 2. The fraction of sp³-hybridized carbons (Fsp3) is 0.462. The smallest absolute Gasteiger partial charge is 0.436 e. The zero-order chi connectivity index (χ0) is 25.3. The van der Waals surface area contributed by atoms with Gasteiger partial charge in [-0.05, 0) is 82.9 Å². The van der Waals surface area contributed by atoms with Crippen LogP contribution in [0.3, 0.4) is 0 Å². The van der Waals surface area contributed by atoms with Gasteiger partial charge in [-0.2, -0.15) is 9.98 Å². The lowest BCUT2D eigenvalue weighted by atomic mass is 9.69. The minimum atomic E-state index is -0.730. The van der Waals surface area contributed by atoms with E-state index in [0.29, 0.717) is 12.0 Å². The molecule has 8 heteroatoms. The van der Waals surface area contributed by atoms with Crippen molar-refractivity contribution < 1.29 is 19.1 Å². The van der Waals surface area contributed by atoms with Gasteiger partial charge in [-0.25, -0.2) is 9.59 Å². The van der Waals surface area contributed by atoms with Gasteiger partial charge in [0.25, 0.3) is 0 Å². The molecule has 1 aromatic carbocycles. The van der Waals surface area contributed by atoms with Crippen molar-refractivity contribution in [1.82, 2.24) is 0 Å². The third kappa shape index (κ3) is 6.34. The number of amidine groups is 2. The van der Waals surface area contributed by atoms with Gasteiger partial charge in [0, 0.05) is 5.56 Å². The molecule has 0 saturated heterocycles. The van der Waals surface area contributed by atoms with Gasteiger partial charge in [-0.3, -0.25) is 0 Å². The van der Waals surface area contributed by atoms with E-state index in [2.05, 4.69) is 22.1 Å². The van der Waals surface area contributed by atoms with Crippen LogP contribution in [0.4, 0.5) is 9.59 Å². The highest BCUT2D eigenvalue weighted by Crippen LogP contribution is 2.39. The van der Waals surface area contributed by atoms with E-state index in [4.69, 9.17) is 20.9 Å². The summed E-state index contributed by atoms with van der Waals surface area (Å²) in [7, 11) is 0. The maximum atomic E-state index is 12.2. The summed E-state index contributed by atoms with van der Waals surface area (Å²) in [6.45, 7) is 10.6. The third-order valence-electron chi connectivity index (χ3n) is 5.49. The SMILES string of the molecule is CC(C)(C)OC(=O)/N=C(\N)C1=CC=CC2Cc3cccc(/C(N)=N/C(=O)OC(C)(C)C)c3CC12. The molecule has 4 N–H and O–H groups in total. The summed E-state index contributed by atoms with van der Waals surface area (Å²) in [5, 5.41) is 0. The van der Waals surface area contributed by atoms with Gasteiger partial charge in [-0.15, -0.1) is 0 Å². The first-order valence-electron chi connectivity index (χ1n) is 11.4. The number of aliphatic imine (C=N–C) groups is 2. The highest BCUT2D eigenvalue weighted by molar-refractivity contribution is 6.05. The minimum Gasteiger partial charge on any atom is -0.442 e. The molecule has 3 rings (SSSR count). The van der Waals surface area contributed by atoms with Crippen LogP contribution in [-0.4, -0.2) is 35.1 Å². The van der Waals surface area contributed by atoms with Crippen molar-refractivity contribution >= 4 is 23.9 Å². The first-order valence-corrected chi connectivity index (χ1v) is 11.4. The Morgan fingerprint density at radius 3 is 2.09 bits per heavy atom. The van der Waals surface area contributed by atoms with Crippen LogP contribution in [0.2, 0.25) is 0 Å². The molecule has 2 amide bonds. The van der Waals surface area contributed by atoms with Gasteiger partial charge >= 0.3 is 12.2 Å². The molecule has 0 aromatic heterocycles. The molecule has 0 saturated carbocycles. The number of hydrogen-bond acceptors (Lipinski definition) is 4. The molecule has 0 heterocycles. The molecule has 2 unspecified atom stereocenters. The average Bonchev–Trinajstić information content (AvgIpc) is 2.68. The number of amides is 2. The van der Waals surface area contributed by atoms with E-state index in [1.165, 1.54) is 0 Å². The van der Waals surface area contributed by atoms with Crippen LogP contribution in [0.15, 0.2) is 52.0 Å². The zero-order valence-electron chi connectivity index (χ0n) is 20.7. The summed E-state index contributed by atoms with van der Waals surface area (Å²) in [5.74, 6) is 0.445. The van der Waals surface area contributed by atoms with Crippen molar-refractivity contribution in [2.24, 2.45) is 33.3 Å². The molecular formula is C26H34N4O4. The van der Waals surface area contributed by atoms with E-state index in [-0.39, 0.29) is 23.5 Å². The number of nitrogens with zero attached hydrogens (tertiary/aromatic N) is 2. The lowest BCUT2D eigenvalue weighted by molar-refractivity contribution is 0.0592. The Morgan fingerprint density at radius 2 is 1.50 bits per heavy atom. The quantitative estimate of drug-likeness (QED) is 0.489. The van der Waals surface area contributed by atoms with Gasteiger partial charge in [0.05, 0.1) is 0 Å². The zero-order valence-corrected chi connectivity index (χ0v) is 20.7. The Balaban J connectivity index is 1.90. The highest BCUT2D eigenvalue weighted by Gasteiger charge is 2.34. The lowest BCUT2D eigenvalue weighted by Crippen LogP contribution is -2.35. The minimum absolute atomic E-state index is 0.000775. The van der Waals surface area contributed by atoms with Crippen molar-refractivity contribution in [2.75, 3.05) is 0 Å². The van der Waals surface area contributed by atoms with Crippen molar-refractivity contribution in [3.05, 3.63) is 58.7 Å². The van der Waals surface area contributed by atoms with E-state index < -0.39 is 23.4 Å². The normalized spacial score (nSPS) is 20.7. The van der Waals surface area contributed by atoms with Crippen molar-refractivity contribution in [3.8, 4) is 0 Å². The number of fused-ring (bicyclic) bond motifs is 2. The Hall–Kier alpha value is -3.42. The summed E-state index contributed by atoms with van der Waals surface area (Å²) in [6.07, 6.45) is 5.90. The van der Waals surface area contributed by atoms with E-state index in [9.17, 15) is 9.59 Å². The van der Waals surface area contributed by atoms with Crippen LogP contribution in [0.5, 0.6) is 0 Å². The molecule has 0 bridgehead atoms. The van der Waals surface area contributed by atoms with Crippen LogP contribution in [0, 0.1) is 11.8 Å². The van der Waals surface area contributed by atoms with Gasteiger partial charge < -0.3 is 20.9 Å². The summed E-state index contributed by atoms with van der Waals surface area (Å²) < 4.78 is 10.6. The van der Waals surface area contributed by atoms with E-state index in [1.807, 2.05) is 24.3 Å². The van der Waals surface area contributed by atoms with Crippen LogP contribution in [0.1, 0.15) is 58.2 Å². The van der Waals surface area contributed by atoms with Gasteiger partial charge in [-0.1, -0.05) is 36.4 Å². The van der Waals surface area contributed by atoms with Crippen molar-refractivity contribution in [1.29, 1.82) is 0 Å². The molecule has 0 radical (unpaired) electrons. The fourth-order valence-electron chi connectivity index (χ4n) is 4.21. The number of hydrogen-bond donors (Lipinski definition) is 2. The predicted molar refractivity (Wildman–Crippen MR) is 133 cm³/mol. The first kappa shape index (κ1) is 25.2. The van der Waals surface area contributed by atoms with Crippen molar-refractivity contribution in [3.63, 3.8) is 0 Å². The molecule has 182 valence electrons. The van der Waals surface area contributed by atoms with E-state index >= 15 is 0 Å². The number of benzene rings is 1. The maximum Gasteiger partial charge on any atom is 0.436 e. The fourth-order valence-corrected chi connectivity index (χ4v) is 4.21. The Bertz CT molecular complexity index is 1100. The molecular weight excluding hydrogens is 432 g/mol. The summed E-state index contributed by atoms with van der Waals surface area (Å²) in [4.78, 5) is 32.4. The number of rotatable bonds is 2. The molecule has 2 aliphatic carbocycles. The third-order valence-corrected chi connectivity index (χ3v) is 5.49. The van der Waals surface area contributed by atoms with E-state index in [1.54, 1.807) is 41.5 Å². The summed E-state index contributed by atoms with van der Waals surface area (Å²) in [6, 6.07) is 5.82. The molecule has 0 spiro atoms. The highest BCUT2D eigenvalue weighted by atomic mass is 16.6. The standard InChI is InChI=1S/C26H34N4O4/c1-25(2,3)33-23(31)29-21(27)17-11-7-9-15-13-16-10-8-12-18(20(16)14-19(15)17)22(28)30-24(32)34-26(4,5)6/h7-12,15,19H,13-14H2,1-6H3,(H2,27,29,31)(H2,28,30,32). The van der Waals surface area contributed by atoms with Gasteiger partial charge in [0.15, 0.2) is 0 Å².